The normalized spacial score (nSPS) is 21.4. The van der Waals surface area contributed by atoms with Gasteiger partial charge in [0.1, 0.15) is 0 Å². The Balaban J connectivity index is 1.16. The highest BCUT2D eigenvalue weighted by molar-refractivity contribution is 7.89. The van der Waals surface area contributed by atoms with E-state index in [0.717, 1.165) is 42.5 Å². The fraction of sp³-hybridized carbons (Fsp3) is 0.394. The van der Waals surface area contributed by atoms with Gasteiger partial charge < -0.3 is 10.0 Å². The van der Waals surface area contributed by atoms with Crippen molar-refractivity contribution in [2.24, 2.45) is 5.92 Å². The van der Waals surface area contributed by atoms with Gasteiger partial charge in [-0.3, -0.25) is 9.59 Å². The van der Waals surface area contributed by atoms with Crippen LogP contribution in [0.25, 0.3) is 11.1 Å². The molecular formula is C33H38N2O5S. The van der Waals surface area contributed by atoms with E-state index in [4.69, 9.17) is 5.11 Å². The molecule has 3 aromatic carbocycles. The molecule has 1 amide bonds. The van der Waals surface area contributed by atoms with Crippen molar-refractivity contribution < 1.29 is 23.1 Å². The zero-order valence-corrected chi connectivity index (χ0v) is 24.1. The molecule has 1 aliphatic heterocycles. The van der Waals surface area contributed by atoms with Crippen molar-refractivity contribution in [3.63, 3.8) is 0 Å². The molecule has 0 unspecified atom stereocenters. The lowest BCUT2D eigenvalue weighted by Gasteiger charge is -2.39. The van der Waals surface area contributed by atoms with Crippen LogP contribution in [0.2, 0.25) is 0 Å². The molecule has 1 saturated carbocycles. The lowest BCUT2D eigenvalue weighted by Crippen LogP contribution is -2.45. The molecule has 1 heterocycles. The van der Waals surface area contributed by atoms with E-state index < -0.39 is 16.0 Å². The Labute approximate surface area is 242 Å². The number of carbonyl (C=O) groups is 2. The molecule has 0 bridgehead atoms. The van der Waals surface area contributed by atoms with E-state index >= 15 is 0 Å². The number of hydrogen-bond acceptors (Lipinski definition) is 4. The number of piperidine rings is 1. The van der Waals surface area contributed by atoms with Crippen molar-refractivity contribution >= 4 is 21.9 Å². The molecule has 41 heavy (non-hydrogen) atoms. The first-order valence-corrected chi connectivity index (χ1v) is 16.1. The minimum absolute atomic E-state index is 0.0603. The van der Waals surface area contributed by atoms with Gasteiger partial charge in [0.25, 0.3) is 0 Å². The maximum Gasteiger partial charge on any atom is 0.303 e. The molecule has 8 heteroatoms. The van der Waals surface area contributed by atoms with Crippen LogP contribution in [0.15, 0.2) is 83.8 Å². The number of likely N-dealkylation sites (tertiary alicyclic amines) is 1. The zero-order chi connectivity index (χ0) is 28.8. The summed E-state index contributed by atoms with van der Waals surface area (Å²) in [6.07, 6.45) is 6.36. The van der Waals surface area contributed by atoms with Gasteiger partial charge in [-0.25, -0.2) is 13.1 Å². The van der Waals surface area contributed by atoms with Gasteiger partial charge >= 0.3 is 5.97 Å². The van der Waals surface area contributed by atoms with Crippen molar-refractivity contribution in [2.45, 2.75) is 74.8 Å². The molecule has 216 valence electrons. The minimum Gasteiger partial charge on any atom is -0.481 e. The number of sulfonamides is 1. The van der Waals surface area contributed by atoms with E-state index in [9.17, 15) is 18.0 Å². The van der Waals surface area contributed by atoms with Gasteiger partial charge in [-0.05, 0) is 85.8 Å². The summed E-state index contributed by atoms with van der Waals surface area (Å²) >= 11 is 0. The number of carbonyl (C=O) groups excluding carboxylic acids is 1. The van der Waals surface area contributed by atoms with Crippen LogP contribution in [0.5, 0.6) is 0 Å². The fourth-order valence-corrected chi connectivity index (χ4v) is 7.44. The number of hydrogen-bond donors (Lipinski definition) is 2. The number of aliphatic carboxylic acids is 1. The smallest absolute Gasteiger partial charge is 0.303 e. The average molecular weight is 575 g/mol. The molecule has 3 aromatic rings. The van der Waals surface area contributed by atoms with Gasteiger partial charge in [0.15, 0.2) is 0 Å². The van der Waals surface area contributed by atoms with Gasteiger partial charge in [-0.1, -0.05) is 66.7 Å². The highest BCUT2D eigenvalue weighted by atomic mass is 32.2. The van der Waals surface area contributed by atoms with Crippen molar-refractivity contribution in [2.75, 3.05) is 6.54 Å². The summed E-state index contributed by atoms with van der Waals surface area (Å²) in [4.78, 5) is 26.6. The van der Waals surface area contributed by atoms with E-state index in [-0.39, 0.29) is 35.2 Å². The van der Waals surface area contributed by atoms with Gasteiger partial charge in [0.05, 0.1) is 10.9 Å². The van der Waals surface area contributed by atoms with Crippen molar-refractivity contribution in [3.8, 4) is 11.1 Å². The predicted octanol–water partition coefficient (Wildman–Crippen LogP) is 5.96. The number of carboxylic acid groups (broad SMARTS) is 1. The lowest BCUT2D eigenvalue weighted by atomic mass is 9.84. The third kappa shape index (κ3) is 7.24. The predicted molar refractivity (Wildman–Crippen MR) is 159 cm³/mol. The number of nitrogens with zero attached hydrogens (tertiary/aromatic N) is 1. The van der Waals surface area contributed by atoms with Crippen LogP contribution >= 0.6 is 0 Å². The quantitative estimate of drug-likeness (QED) is 0.328. The summed E-state index contributed by atoms with van der Waals surface area (Å²) < 4.78 is 29.2. The largest absolute Gasteiger partial charge is 0.481 e. The van der Waals surface area contributed by atoms with Crippen LogP contribution in [0.3, 0.4) is 0 Å². The topological polar surface area (TPSA) is 104 Å². The molecule has 2 N–H and O–H groups in total. The molecule has 2 aliphatic rings. The first-order chi connectivity index (χ1) is 19.8. The Morgan fingerprint density at radius 1 is 0.805 bits per heavy atom. The van der Waals surface area contributed by atoms with Crippen molar-refractivity contribution in [1.29, 1.82) is 0 Å². The van der Waals surface area contributed by atoms with Crippen LogP contribution in [0.4, 0.5) is 0 Å². The molecule has 0 radical (unpaired) electrons. The van der Waals surface area contributed by atoms with E-state index in [0.29, 0.717) is 32.1 Å². The number of rotatable bonds is 9. The first kappa shape index (κ1) is 29.0. The Hall–Kier alpha value is -3.49. The maximum atomic E-state index is 13.5. The fourth-order valence-electron chi connectivity index (χ4n) is 6.14. The van der Waals surface area contributed by atoms with E-state index in [1.54, 1.807) is 24.3 Å². The number of carboxylic acids is 1. The third-order valence-electron chi connectivity index (χ3n) is 8.45. The van der Waals surface area contributed by atoms with Gasteiger partial charge in [-0.15, -0.1) is 0 Å². The Morgan fingerprint density at radius 3 is 2.07 bits per heavy atom. The summed E-state index contributed by atoms with van der Waals surface area (Å²) in [5.74, 6) is -0.671. The van der Waals surface area contributed by atoms with Crippen LogP contribution < -0.4 is 4.72 Å². The third-order valence-corrected chi connectivity index (χ3v) is 9.98. The van der Waals surface area contributed by atoms with E-state index in [1.807, 2.05) is 42.5 Å². The minimum atomic E-state index is -3.69. The van der Waals surface area contributed by atoms with Crippen LogP contribution in [-0.4, -0.2) is 42.9 Å². The van der Waals surface area contributed by atoms with Gasteiger partial charge in [-0.2, -0.15) is 0 Å². The van der Waals surface area contributed by atoms with Crippen LogP contribution in [0, 0.1) is 5.92 Å². The Morgan fingerprint density at radius 2 is 1.44 bits per heavy atom. The molecular weight excluding hydrogens is 536 g/mol. The van der Waals surface area contributed by atoms with Crippen LogP contribution in [0.1, 0.15) is 68.5 Å². The zero-order valence-electron chi connectivity index (χ0n) is 23.2. The highest BCUT2D eigenvalue weighted by Gasteiger charge is 2.35. The van der Waals surface area contributed by atoms with Gasteiger partial charge in [0, 0.05) is 24.9 Å². The summed E-state index contributed by atoms with van der Waals surface area (Å²) in [6, 6.07) is 24.7. The number of aryl methyl sites for hydroxylation is 1. The number of amides is 1. The molecule has 5 rings (SSSR count). The van der Waals surface area contributed by atoms with E-state index in [2.05, 4.69) is 21.8 Å². The monoisotopic (exact) mass is 574 g/mol. The maximum absolute atomic E-state index is 13.5. The second-order valence-electron chi connectivity index (χ2n) is 11.2. The van der Waals surface area contributed by atoms with Crippen molar-refractivity contribution in [1.82, 2.24) is 9.62 Å². The molecule has 0 aromatic heterocycles. The second-order valence-corrected chi connectivity index (χ2v) is 13.0. The summed E-state index contributed by atoms with van der Waals surface area (Å²) in [6.45, 7) is 0.788. The lowest BCUT2D eigenvalue weighted by molar-refractivity contribution is -0.140. The molecule has 7 nitrogen and oxygen atoms in total. The standard InChI is InChI=1S/C33H38N2O5S/c36-32(37)22-11-24-9-12-25(13-10-24)26-16-20-30(21-17-26)41(39,40)34-29-18-14-28(15-19-29)33(38)35-23-5-4-8-31(35)27-6-2-1-3-7-27/h1-3,6-7,9-10,12-13,16-17,20-21,28-29,31,34H,4-5,8,11,14-15,18-19,22-23H2,(H,36,37)/t28?,29?,31-/m1/s1. The molecule has 0 spiro atoms. The number of benzene rings is 3. The second kappa shape index (κ2) is 13.0. The Kier molecular flexibility index (Phi) is 9.20. The van der Waals surface area contributed by atoms with E-state index in [1.165, 1.54) is 5.56 Å². The molecule has 1 atom stereocenters. The van der Waals surface area contributed by atoms with Crippen LogP contribution in [-0.2, 0) is 26.0 Å². The molecule has 1 saturated heterocycles. The summed E-state index contributed by atoms with van der Waals surface area (Å²) in [7, 11) is -3.69. The molecule has 2 fully saturated rings. The Bertz CT molecular complexity index is 1430. The average Bonchev–Trinajstić information content (AvgIpc) is 3.00. The highest BCUT2D eigenvalue weighted by Crippen LogP contribution is 2.35. The summed E-state index contributed by atoms with van der Waals surface area (Å²) in [5, 5.41) is 8.86. The van der Waals surface area contributed by atoms with Crippen molar-refractivity contribution in [3.05, 3.63) is 90.0 Å². The number of nitrogens with one attached hydrogen (secondary N) is 1. The summed E-state index contributed by atoms with van der Waals surface area (Å²) in [5.41, 5.74) is 3.97. The first-order valence-electron chi connectivity index (χ1n) is 14.6. The SMILES string of the molecule is O=C(O)CCc1ccc(-c2ccc(S(=O)(=O)NC3CCC(C(=O)N4CCCC[C@@H]4c4ccccc4)CC3)cc2)cc1. The van der Waals surface area contributed by atoms with Gasteiger partial charge in [0.2, 0.25) is 15.9 Å². The molecule has 1 aliphatic carbocycles.